The molecule has 1 atom stereocenters. The predicted molar refractivity (Wildman–Crippen MR) is 39.6 cm³/mol. The molecule has 0 saturated heterocycles. The van der Waals surface area contributed by atoms with Gasteiger partial charge in [-0.3, -0.25) is 4.99 Å². The average Bonchev–Trinajstić information content (AvgIpc) is 1.86. The van der Waals surface area contributed by atoms with Crippen LogP contribution in [-0.2, 0) is 0 Å². The van der Waals surface area contributed by atoms with E-state index < -0.39 is 0 Å². The van der Waals surface area contributed by atoms with Crippen LogP contribution in [0.5, 0.6) is 0 Å². The van der Waals surface area contributed by atoms with Crippen molar-refractivity contribution >= 4 is 17.3 Å². The Morgan fingerprint density at radius 3 is 2.38 bits per heavy atom. The third-order valence-electron chi connectivity index (χ3n) is 1.65. The Kier molecular flexibility index (Phi) is 1.35. The Balaban J connectivity index is 2.64. The van der Waals surface area contributed by atoms with Gasteiger partial charge in [-0.1, -0.05) is 0 Å². The summed E-state index contributed by atoms with van der Waals surface area (Å²) in [6.45, 7) is 6.58. The second-order valence-corrected chi connectivity index (χ2v) is 4.15. The molecule has 1 aliphatic rings. The molecule has 1 aliphatic heterocycles. The zero-order valence-electron chi connectivity index (χ0n) is 5.51. The summed E-state index contributed by atoms with van der Waals surface area (Å²) in [6.07, 6.45) is 0. The summed E-state index contributed by atoms with van der Waals surface area (Å²) in [6, 6.07) is 0.493. The SMILES string of the molecule is CC1N=CSC1(C)C. The van der Waals surface area contributed by atoms with Crippen LogP contribution >= 0.6 is 11.8 Å². The fourth-order valence-corrected chi connectivity index (χ4v) is 1.31. The molecule has 0 spiro atoms. The van der Waals surface area contributed by atoms with Gasteiger partial charge in [0.1, 0.15) is 0 Å². The first-order chi connectivity index (χ1) is 3.63. The van der Waals surface area contributed by atoms with E-state index in [-0.39, 0.29) is 0 Å². The first kappa shape index (κ1) is 6.14. The van der Waals surface area contributed by atoms with E-state index in [0.29, 0.717) is 10.8 Å². The van der Waals surface area contributed by atoms with Crippen molar-refractivity contribution in [2.45, 2.75) is 31.6 Å². The van der Waals surface area contributed by atoms with Crippen molar-refractivity contribution in [2.24, 2.45) is 4.99 Å². The van der Waals surface area contributed by atoms with Crippen LogP contribution in [0.4, 0.5) is 0 Å². The van der Waals surface area contributed by atoms with Crippen molar-refractivity contribution in [1.82, 2.24) is 0 Å². The highest BCUT2D eigenvalue weighted by Crippen LogP contribution is 2.32. The zero-order valence-corrected chi connectivity index (χ0v) is 6.33. The van der Waals surface area contributed by atoms with Crippen molar-refractivity contribution in [3.8, 4) is 0 Å². The first-order valence-corrected chi connectivity index (χ1v) is 3.70. The number of nitrogens with zero attached hydrogens (tertiary/aromatic N) is 1. The molecule has 0 saturated carbocycles. The van der Waals surface area contributed by atoms with Crippen molar-refractivity contribution < 1.29 is 0 Å². The maximum Gasteiger partial charge on any atom is 0.0622 e. The quantitative estimate of drug-likeness (QED) is 0.487. The van der Waals surface area contributed by atoms with Crippen LogP contribution in [0.2, 0.25) is 0 Å². The van der Waals surface area contributed by atoms with Gasteiger partial charge in [-0.2, -0.15) is 0 Å². The van der Waals surface area contributed by atoms with Crippen LogP contribution in [0.1, 0.15) is 20.8 Å². The van der Waals surface area contributed by atoms with Gasteiger partial charge in [0.2, 0.25) is 0 Å². The van der Waals surface area contributed by atoms with E-state index >= 15 is 0 Å². The van der Waals surface area contributed by atoms with Crippen LogP contribution in [0.25, 0.3) is 0 Å². The molecule has 0 N–H and O–H groups in total. The Labute approximate surface area is 54.6 Å². The van der Waals surface area contributed by atoms with Gasteiger partial charge in [0.15, 0.2) is 0 Å². The van der Waals surface area contributed by atoms with Gasteiger partial charge in [0.25, 0.3) is 0 Å². The van der Waals surface area contributed by atoms with E-state index in [1.807, 2.05) is 17.3 Å². The van der Waals surface area contributed by atoms with Gasteiger partial charge < -0.3 is 0 Å². The first-order valence-electron chi connectivity index (χ1n) is 2.82. The fourth-order valence-electron chi connectivity index (χ4n) is 0.536. The molecule has 0 amide bonds. The summed E-state index contributed by atoms with van der Waals surface area (Å²) in [4.78, 5) is 4.23. The molecule has 1 nitrogen and oxygen atoms in total. The molecule has 1 rings (SSSR count). The molecule has 2 heteroatoms. The van der Waals surface area contributed by atoms with Crippen LogP contribution in [0.3, 0.4) is 0 Å². The third-order valence-corrected chi connectivity index (χ3v) is 2.82. The third kappa shape index (κ3) is 0.895. The van der Waals surface area contributed by atoms with Crippen LogP contribution in [0.15, 0.2) is 4.99 Å². The standard InChI is InChI=1S/C6H11NS/c1-5-6(2,3)8-4-7-5/h4-5H,1-3H3. The summed E-state index contributed by atoms with van der Waals surface area (Å²) >= 11 is 1.82. The van der Waals surface area contributed by atoms with Gasteiger partial charge in [-0.15, -0.1) is 11.8 Å². The molecule has 1 heterocycles. The summed E-state index contributed by atoms with van der Waals surface area (Å²) in [5, 5.41) is 0. The van der Waals surface area contributed by atoms with E-state index in [2.05, 4.69) is 25.8 Å². The van der Waals surface area contributed by atoms with E-state index in [4.69, 9.17) is 0 Å². The van der Waals surface area contributed by atoms with Gasteiger partial charge in [-0.05, 0) is 20.8 Å². The van der Waals surface area contributed by atoms with E-state index in [0.717, 1.165) is 0 Å². The molecular weight excluding hydrogens is 118 g/mol. The molecule has 0 fully saturated rings. The fraction of sp³-hybridized carbons (Fsp3) is 0.833. The number of hydrogen-bond donors (Lipinski definition) is 0. The Bertz CT molecular complexity index is 118. The number of rotatable bonds is 0. The van der Waals surface area contributed by atoms with Crippen molar-refractivity contribution in [3.05, 3.63) is 0 Å². The number of hydrogen-bond acceptors (Lipinski definition) is 2. The van der Waals surface area contributed by atoms with E-state index in [1.54, 1.807) is 0 Å². The molecule has 46 valence electrons. The highest BCUT2D eigenvalue weighted by Gasteiger charge is 2.28. The van der Waals surface area contributed by atoms with Crippen LogP contribution < -0.4 is 0 Å². The Morgan fingerprint density at radius 2 is 2.25 bits per heavy atom. The zero-order chi connectivity index (χ0) is 6.20. The monoisotopic (exact) mass is 129 g/mol. The molecule has 0 aliphatic carbocycles. The molecule has 1 unspecified atom stereocenters. The number of thioether (sulfide) groups is 1. The smallest absolute Gasteiger partial charge is 0.0622 e. The maximum atomic E-state index is 4.23. The molecule has 8 heavy (non-hydrogen) atoms. The van der Waals surface area contributed by atoms with Gasteiger partial charge in [0.05, 0.1) is 11.6 Å². The van der Waals surface area contributed by atoms with Crippen LogP contribution in [-0.4, -0.2) is 16.3 Å². The normalized spacial score (nSPS) is 33.6. The lowest BCUT2D eigenvalue weighted by molar-refractivity contribution is 0.594. The van der Waals surface area contributed by atoms with Crippen molar-refractivity contribution in [1.29, 1.82) is 0 Å². The lowest BCUT2D eigenvalue weighted by atomic mass is 10.1. The molecular formula is C6H11NS. The Hall–Kier alpha value is 0.0200. The minimum Gasteiger partial charge on any atom is -0.282 e. The Morgan fingerprint density at radius 1 is 1.62 bits per heavy atom. The average molecular weight is 129 g/mol. The maximum absolute atomic E-state index is 4.23. The van der Waals surface area contributed by atoms with Crippen molar-refractivity contribution in [3.63, 3.8) is 0 Å². The largest absolute Gasteiger partial charge is 0.282 e. The minimum absolute atomic E-state index is 0.347. The van der Waals surface area contributed by atoms with Crippen molar-refractivity contribution in [2.75, 3.05) is 0 Å². The highest BCUT2D eigenvalue weighted by atomic mass is 32.2. The summed E-state index contributed by atoms with van der Waals surface area (Å²) < 4.78 is 0.347. The molecule has 0 aromatic carbocycles. The van der Waals surface area contributed by atoms with E-state index in [1.165, 1.54) is 0 Å². The summed E-state index contributed by atoms with van der Waals surface area (Å²) in [7, 11) is 0. The summed E-state index contributed by atoms with van der Waals surface area (Å²) in [5.74, 6) is 0. The van der Waals surface area contributed by atoms with Gasteiger partial charge >= 0.3 is 0 Å². The molecule has 0 bridgehead atoms. The molecule has 0 aromatic rings. The lowest BCUT2D eigenvalue weighted by Gasteiger charge is -2.19. The van der Waals surface area contributed by atoms with Gasteiger partial charge in [0, 0.05) is 4.75 Å². The minimum atomic E-state index is 0.347. The molecule has 0 aromatic heterocycles. The van der Waals surface area contributed by atoms with Gasteiger partial charge in [-0.25, -0.2) is 0 Å². The predicted octanol–water partition coefficient (Wildman–Crippen LogP) is 1.93. The van der Waals surface area contributed by atoms with E-state index in [9.17, 15) is 0 Å². The second kappa shape index (κ2) is 1.76. The lowest BCUT2D eigenvalue weighted by Crippen LogP contribution is -2.23. The highest BCUT2D eigenvalue weighted by molar-refractivity contribution is 8.13. The topological polar surface area (TPSA) is 12.4 Å². The van der Waals surface area contributed by atoms with Crippen LogP contribution in [0, 0.1) is 0 Å². The second-order valence-electron chi connectivity index (χ2n) is 2.65. The molecule has 0 radical (unpaired) electrons. The summed E-state index contributed by atoms with van der Waals surface area (Å²) in [5.41, 5.74) is 1.95. The number of aliphatic imine (C=N–C) groups is 1.